The van der Waals surface area contributed by atoms with Crippen LogP contribution in [0.15, 0.2) is 29.5 Å². The first-order valence-electron chi connectivity index (χ1n) is 11.5. The van der Waals surface area contributed by atoms with E-state index in [2.05, 4.69) is 77.7 Å². The molecule has 0 heterocycles. The van der Waals surface area contributed by atoms with Gasteiger partial charge in [-0.05, 0) is 0 Å². The molecule has 0 aliphatic heterocycles. The van der Waals surface area contributed by atoms with E-state index in [4.69, 9.17) is 0 Å². The van der Waals surface area contributed by atoms with Gasteiger partial charge in [0.1, 0.15) is 0 Å². The Labute approximate surface area is 176 Å². The molecule has 0 radical (unpaired) electrons. The van der Waals surface area contributed by atoms with Crippen molar-refractivity contribution in [2.45, 2.75) is 104 Å². The molecule has 0 spiro atoms. The molecule has 1 aromatic rings. The summed E-state index contributed by atoms with van der Waals surface area (Å²) in [5.74, 6) is 0. The van der Waals surface area contributed by atoms with Gasteiger partial charge < -0.3 is 0 Å². The van der Waals surface area contributed by atoms with Crippen molar-refractivity contribution in [1.29, 1.82) is 0 Å². The Morgan fingerprint density at radius 1 is 0.889 bits per heavy atom. The zero-order valence-electron chi connectivity index (χ0n) is 19.5. The van der Waals surface area contributed by atoms with Gasteiger partial charge in [-0.2, -0.15) is 0 Å². The number of hydrogen-bond donors (Lipinski definition) is 0. The summed E-state index contributed by atoms with van der Waals surface area (Å²) in [7, 11) is -1.30. The van der Waals surface area contributed by atoms with Crippen LogP contribution in [0.4, 0.5) is 0 Å². The first-order chi connectivity index (χ1) is 12.8. The summed E-state index contributed by atoms with van der Waals surface area (Å²) in [6, 6.07) is 9.14. The van der Waals surface area contributed by atoms with E-state index in [0.29, 0.717) is 0 Å². The second-order valence-corrected chi connectivity index (χ2v) is 28.8. The Morgan fingerprint density at radius 2 is 1.41 bits per heavy atom. The van der Waals surface area contributed by atoms with E-state index in [-0.39, 0.29) is 0 Å². The molecular formula is C25H46SiSn. The van der Waals surface area contributed by atoms with Crippen molar-refractivity contribution in [1.82, 2.24) is 0 Å². The number of hydrogen-bond acceptors (Lipinski definition) is 0. The number of rotatable bonds is 13. The number of benzene rings is 1. The van der Waals surface area contributed by atoms with Gasteiger partial charge in [0.2, 0.25) is 0 Å². The van der Waals surface area contributed by atoms with Crippen molar-refractivity contribution >= 4 is 32.5 Å². The van der Waals surface area contributed by atoms with Gasteiger partial charge in [-0.15, -0.1) is 0 Å². The van der Waals surface area contributed by atoms with E-state index in [1.807, 2.05) is 5.20 Å². The first kappa shape index (κ1) is 25.0. The van der Waals surface area contributed by atoms with Gasteiger partial charge >= 0.3 is 177 Å². The van der Waals surface area contributed by atoms with E-state index in [0.717, 1.165) is 0 Å². The molecule has 2 heteroatoms. The van der Waals surface area contributed by atoms with E-state index < -0.39 is 26.5 Å². The second-order valence-electron chi connectivity index (χ2n) is 9.82. The van der Waals surface area contributed by atoms with Crippen molar-refractivity contribution < 1.29 is 0 Å². The Kier molecular flexibility index (Phi) is 11.6. The van der Waals surface area contributed by atoms with Crippen LogP contribution in [0.5, 0.6) is 0 Å². The molecule has 0 unspecified atom stereocenters. The van der Waals surface area contributed by atoms with Crippen molar-refractivity contribution in [3.05, 3.63) is 40.6 Å². The third-order valence-electron chi connectivity index (χ3n) is 6.09. The van der Waals surface area contributed by atoms with Gasteiger partial charge in [0.05, 0.1) is 0 Å². The van der Waals surface area contributed by atoms with Gasteiger partial charge in [0, 0.05) is 0 Å². The average Bonchev–Trinajstić information content (AvgIpc) is 2.61. The molecule has 0 N–H and O–H groups in total. The minimum absolute atomic E-state index is 1.30. The molecule has 0 aliphatic carbocycles. The summed E-state index contributed by atoms with van der Waals surface area (Å²) < 4.78 is 6.42. The number of aryl methyl sites for hydroxylation is 1. The van der Waals surface area contributed by atoms with Gasteiger partial charge in [-0.3, -0.25) is 0 Å². The molecule has 0 fully saturated rings. The molecule has 0 amide bonds. The van der Waals surface area contributed by atoms with E-state index in [1.54, 1.807) is 17.7 Å². The van der Waals surface area contributed by atoms with Crippen LogP contribution in [0.2, 0.25) is 37.4 Å². The maximum atomic E-state index is 2.62. The Morgan fingerprint density at radius 3 is 1.81 bits per heavy atom. The normalized spacial score (nSPS) is 13.2. The van der Waals surface area contributed by atoms with Crippen molar-refractivity contribution in [2.24, 2.45) is 0 Å². The SMILES string of the molecule is CCC[CH2][Sn]([CH2]CCC)([CH2]CCC)[CH2]/C(=C\c1cccc(C)c1)[Si](C)(C)C. The topological polar surface area (TPSA) is 0 Å². The van der Waals surface area contributed by atoms with Crippen LogP contribution in [0.3, 0.4) is 0 Å². The molecule has 0 bridgehead atoms. The molecule has 0 atom stereocenters. The van der Waals surface area contributed by atoms with E-state index in [9.17, 15) is 0 Å². The van der Waals surface area contributed by atoms with E-state index in [1.165, 1.54) is 49.7 Å². The average molecular weight is 493 g/mol. The maximum absolute atomic E-state index is 2.62. The molecule has 0 saturated heterocycles. The van der Waals surface area contributed by atoms with Crippen molar-refractivity contribution in [3.8, 4) is 0 Å². The molecule has 0 aromatic heterocycles. The summed E-state index contributed by atoms with van der Waals surface area (Å²) in [4.78, 5) is 0. The van der Waals surface area contributed by atoms with E-state index >= 15 is 0 Å². The van der Waals surface area contributed by atoms with Crippen LogP contribution in [0.1, 0.15) is 70.4 Å². The predicted octanol–water partition coefficient (Wildman–Crippen LogP) is 9.10. The zero-order valence-corrected chi connectivity index (χ0v) is 23.3. The van der Waals surface area contributed by atoms with Crippen molar-refractivity contribution in [3.63, 3.8) is 0 Å². The summed E-state index contributed by atoms with van der Waals surface area (Å²) in [5.41, 5.74) is 2.82. The molecule has 0 aliphatic rings. The fourth-order valence-electron chi connectivity index (χ4n) is 4.19. The summed E-state index contributed by atoms with van der Waals surface area (Å²) in [5, 5.41) is 1.87. The quantitative estimate of drug-likeness (QED) is 0.241. The van der Waals surface area contributed by atoms with Crippen LogP contribution in [0, 0.1) is 6.92 Å². The van der Waals surface area contributed by atoms with Crippen LogP contribution < -0.4 is 0 Å². The summed E-state index contributed by atoms with van der Waals surface area (Å²) in [6.45, 7) is 17.1. The fraction of sp³-hybridized carbons (Fsp3) is 0.680. The standard InChI is InChI=1S/C13H19Si.3C4H9.Sn/c1-11-7-6-8-13(9-11)10-12(2)14(3,4)5;3*1-3-4-2;/h6-10H,2H2,1,3-5H3;3*1,3-4H2,2H3;/b12-10+;;;;. The third kappa shape index (κ3) is 9.34. The number of allylic oxidation sites excluding steroid dienone is 1. The van der Waals surface area contributed by atoms with Gasteiger partial charge in [-0.1, -0.05) is 0 Å². The summed E-state index contributed by atoms with van der Waals surface area (Å²) in [6.07, 6.45) is 11.2. The van der Waals surface area contributed by atoms with Crippen LogP contribution in [-0.2, 0) is 0 Å². The predicted molar refractivity (Wildman–Crippen MR) is 132 cm³/mol. The molecule has 0 nitrogen and oxygen atoms in total. The number of unbranched alkanes of at least 4 members (excludes halogenated alkanes) is 3. The van der Waals surface area contributed by atoms with Gasteiger partial charge in [0.25, 0.3) is 0 Å². The Balaban J connectivity index is 3.25. The molecule has 0 saturated carbocycles. The molecule has 27 heavy (non-hydrogen) atoms. The van der Waals surface area contributed by atoms with Gasteiger partial charge in [0.15, 0.2) is 0 Å². The molecule has 1 aromatic carbocycles. The molecule has 1 rings (SSSR count). The van der Waals surface area contributed by atoms with Crippen molar-refractivity contribution in [2.75, 3.05) is 0 Å². The van der Waals surface area contributed by atoms with Crippen LogP contribution in [-0.4, -0.2) is 26.5 Å². The van der Waals surface area contributed by atoms with Crippen LogP contribution in [0.25, 0.3) is 6.08 Å². The second kappa shape index (κ2) is 12.5. The molecular weight excluding hydrogens is 447 g/mol. The third-order valence-corrected chi connectivity index (χ3v) is 24.7. The van der Waals surface area contributed by atoms with Crippen LogP contribution >= 0.6 is 0 Å². The zero-order chi connectivity index (χ0) is 20.3. The fourth-order valence-corrected chi connectivity index (χ4v) is 28.1. The monoisotopic (exact) mass is 494 g/mol. The van der Waals surface area contributed by atoms with Gasteiger partial charge in [-0.25, -0.2) is 0 Å². The molecule has 154 valence electrons. The minimum atomic E-state index is -2.13. The Hall–Kier alpha value is -0.0244. The first-order valence-corrected chi connectivity index (χ1v) is 23.1. The summed E-state index contributed by atoms with van der Waals surface area (Å²) >= 11 is -2.13. The Bertz CT molecular complexity index is 546.